The molecule has 0 bridgehead atoms. The molecule has 0 unspecified atom stereocenters. The SMILES string of the molecule is COc1c(OC(F)(F)F)cc(C=O)nc1CBr. The van der Waals surface area contributed by atoms with Gasteiger partial charge in [0.15, 0.2) is 17.8 Å². The van der Waals surface area contributed by atoms with Gasteiger partial charge in [-0.05, 0) is 0 Å². The van der Waals surface area contributed by atoms with Crippen LogP contribution in [0.15, 0.2) is 6.07 Å². The topological polar surface area (TPSA) is 48.4 Å². The molecule has 94 valence electrons. The van der Waals surface area contributed by atoms with Crippen molar-refractivity contribution >= 4 is 22.2 Å². The van der Waals surface area contributed by atoms with Crippen LogP contribution in [-0.4, -0.2) is 24.7 Å². The van der Waals surface area contributed by atoms with Crippen LogP contribution >= 0.6 is 15.9 Å². The summed E-state index contributed by atoms with van der Waals surface area (Å²) in [6, 6.07) is 0.867. The normalized spacial score (nSPS) is 11.1. The third kappa shape index (κ3) is 3.58. The molecule has 0 atom stereocenters. The molecule has 0 saturated heterocycles. The number of hydrogen-bond donors (Lipinski definition) is 0. The van der Waals surface area contributed by atoms with Gasteiger partial charge in [-0.15, -0.1) is 13.2 Å². The van der Waals surface area contributed by atoms with Crippen LogP contribution in [0.2, 0.25) is 0 Å². The van der Waals surface area contributed by atoms with Gasteiger partial charge in [0.2, 0.25) is 0 Å². The van der Waals surface area contributed by atoms with Crippen molar-refractivity contribution in [2.75, 3.05) is 7.11 Å². The van der Waals surface area contributed by atoms with E-state index >= 15 is 0 Å². The minimum Gasteiger partial charge on any atom is -0.491 e. The molecule has 8 heteroatoms. The second-order valence-corrected chi connectivity index (χ2v) is 3.39. The highest BCUT2D eigenvalue weighted by atomic mass is 79.9. The van der Waals surface area contributed by atoms with E-state index in [0.717, 1.165) is 6.07 Å². The van der Waals surface area contributed by atoms with E-state index in [2.05, 4.69) is 25.7 Å². The van der Waals surface area contributed by atoms with Gasteiger partial charge in [0.05, 0.1) is 12.8 Å². The van der Waals surface area contributed by atoms with E-state index in [4.69, 9.17) is 4.74 Å². The molecule has 0 spiro atoms. The number of aromatic nitrogens is 1. The van der Waals surface area contributed by atoms with Crippen molar-refractivity contribution in [3.05, 3.63) is 17.5 Å². The molecule has 1 rings (SSSR count). The number of ether oxygens (including phenoxy) is 2. The summed E-state index contributed by atoms with van der Waals surface area (Å²) in [5, 5.41) is 0.131. The monoisotopic (exact) mass is 313 g/mol. The highest BCUT2D eigenvalue weighted by molar-refractivity contribution is 9.08. The van der Waals surface area contributed by atoms with Gasteiger partial charge in [-0.2, -0.15) is 0 Å². The van der Waals surface area contributed by atoms with E-state index in [9.17, 15) is 18.0 Å². The summed E-state index contributed by atoms with van der Waals surface area (Å²) in [5.41, 5.74) is -0.0177. The third-order valence-electron chi connectivity index (χ3n) is 1.71. The summed E-state index contributed by atoms with van der Waals surface area (Å²) >= 11 is 3.03. The summed E-state index contributed by atoms with van der Waals surface area (Å²) in [5.74, 6) is -0.753. The van der Waals surface area contributed by atoms with Crippen molar-refractivity contribution in [1.29, 1.82) is 0 Å². The van der Waals surface area contributed by atoms with Crippen LogP contribution in [0.1, 0.15) is 16.2 Å². The average molecular weight is 314 g/mol. The van der Waals surface area contributed by atoms with Crippen molar-refractivity contribution in [3.63, 3.8) is 0 Å². The van der Waals surface area contributed by atoms with E-state index in [1.54, 1.807) is 0 Å². The zero-order valence-corrected chi connectivity index (χ0v) is 10.1. The Bertz CT molecular complexity index is 423. The largest absolute Gasteiger partial charge is 0.573 e. The predicted octanol–water partition coefficient (Wildman–Crippen LogP) is 2.70. The first kappa shape index (κ1) is 13.8. The van der Waals surface area contributed by atoms with Gasteiger partial charge in [0, 0.05) is 11.4 Å². The number of pyridine rings is 1. The fourth-order valence-electron chi connectivity index (χ4n) is 1.15. The van der Waals surface area contributed by atoms with Crippen LogP contribution in [0, 0.1) is 0 Å². The molecule has 1 aromatic heterocycles. The maximum Gasteiger partial charge on any atom is 0.573 e. The molecule has 4 nitrogen and oxygen atoms in total. The smallest absolute Gasteiger partial charge is 0.491 e. The van der Waals surface area contributed by atoms with E-state index in [-0.39, 0.29) is 22.5 Å². The van der Waals surface area contributed by atoms with Gasteiger partial charge in [-0.25, -0.2) is 4.98 Å². The lowest BCUT2D eigenvalue weighted by atomic mass is 10.2. The number of alkyl halides is 4. The number of rotatable bonds is 4. The molecule has 1 aromatic rings. The fraction of sp³-hybridized carbons (Fsp3) is 0.333. The van der Waals surface area contributed by atoms with Crippen molar-refractivity contribution in [3.8, 4) is 11.5 Å². The Morgan fingerprint density at radius 2 is 2.18 bits per heavy atom. The van der Waals surface area contributed by atoms with Crippen molar-refractivity contribution < 1.29 is 27.4 Å². The van der Waals surface area contributed by atoms with Crippen molar-refractivity contribution in [2.45, 2.75) is 11.7 Å². The van der Waals surface area contributed by atoms with Gasteiger partial charge in [0.25, 0.3) is 0 Å². The lowest BCUT2D eigenvalue weighted by Gasteiger charge is -2.14. The Labute approximate surface area is 103 Å². The summed E-state index contributed by atoms with van der Waals surface area (Å²) in [6.07, 6.45) is -4.53. The molecule has 0 aliphatic heterocycles. The summed E-state index contributed by atoms with van der Waals surface area (Å²) in [6.45, 7) is 0. The van der Waals surface area contributed by atoms with E-state index in [1.807, 2.05) is 0 Å². The number of carbonyl (C=O) groups is 1. The second-order valence-electron chi connectivity index (χ2n) is 2.82. The minimum atomic E-state index is -4.86. The Balaban J connectivity index is 3.29. The number of aldehydes is 1. The minimum absolute atomic E-state index is 0.131. The van der Waals surface area contributed by atoms with Crippen LogP contribution < -0.4 is 9.47 Å². The lowest BCUT2D eigenvalue weighted by Crippen LogP contribution is -2.18. The van der Waals surface area contributed by atoms with Gasteiger partial charge < -0.3 is 9.47 Å². The Kier molecular flexibility index (Phi) is 4.33. The summed E-state index contributed by atoms with van der Waals surface area (Å²) < 4.78 is 44.9. The van der Waals surface area contributed by atoms with E-state index in [0.29, 0.717) is 6.29 Å². The molecular formula is C9H7BrF3NO3. The number of halogens is 4. The fourth-order valence-corrected chi connectivity index (χ4v) is 1.53. The predicted molar refractivity (Wildman–Crippen MR) is 55.5 cm³/mol. The molecule has 17 heavy (non-hydrogen) atoms. The van der Waals surface area contributed by atoms with Crippen LogP contribution in [0.25, 0.3) is 0 Å². The highest BCUT2D eigenvalue weighted by Crippen LogP contribution is 2.35. The third-order valence-corrected chi connectivity index (χ3v) is 2.24. The first-order valence-electron chi connectivity index (χ1n) is 4.26. The standard InChI is InChI=1S/C9H7BrF3NO3/c1-16-8-6(3-10)14-5(4-15)2-7(8)17-9(11,12)13/h2,4H,3H2,1H3. The molecule has 0 aliphatic carbocycles. The maximum absolute atomic E-state index is 12.1. The Hall–Kier alpha value is -1.31. The maximum atomic E-state index is 12.1. The quantitative estimate of drug-likeness (QED) is 0.633. The van der Waals surface area contributed by atoms with Gasteiger partial charge in [-0.3, -0.25) is 4.79 Å². The number of methoxy groups -OCH3 is 1. The van der Waals surface area contributed by atoms with Crippen LogP contribution in [-0.2, 0) is 5.33 Å². The molecule has 0 fully saturated rings. The molecule has 0 amide bonds. The summed E-state index contributed by atoms with van der Waals surface area (Å²) in [7, 11) is 1.19. The number of carbonyl (C=O) groups excluding carboxylic acids is 1. The molecular weight excluding hydrogens is 307 g/mol. The highest BCUT2D eigenvalue weighted by Gasteiger charge is 2.33. The Morgan fingerprint density at radius 3 is 2.59 bits per heavy atom. The van der Waals surface area contributed by atoms with Crippen LogP contribution in [0.4, 0.5) is 13.2 Å². The van der Waals surface area contributed by atoms with Gasteiger partial charge in [0.1, 0.15) is 5.69 Å². The molecule has 0 aliphatic rings. The molecule has 0 saturated carbocycles. The van der Waals surface area contributed by atoms with Crippen LogP contribution in [0.3, 0.4) is 0 Å². The van der Waals surface area contributed by atoms with Gasteiger partial charge >= 0.3 is 6.36 Å². The van der Waals surface area contributed by atoms with Crippen LogP contribution in [0.5, 0.6) is 11.5 Å². The zero-order valence-electron chi connectivity index (χ0n) is 8.55. The van der Waals surface area contributed by atoms with Crippen molar-refractivity contribution in [2.24, 2.45) is 0 Å². The average Bonchev–Trinajstić information content (AvgIpc) is 2.25. The molecule has 0 radical (unpaired) electrons. The van der Waals surface area contributed by atoms with Gasteiger partial charge in [-0.1, -0.05) is 15.9 Å². The molecule has 0 aromatic carbocycles. The number of hydrogen-bond acceptors (Lipinski definition) is 4. The first-order chi connectivity index (χ1) is 7.91. The number of nitrogens with zero attached hydrogens (tertiary/aromatic N) is 1. The molecule has 0 N–H and O–H groups in total. The zero-order chi connectivity index (χ0) is 13.1. The Morgan fingerprint density at radius 1 is 1.53 bits per heavy atom. The van der Waals surface area contributed by atoms with E-state index in [1.165, 1.54) is 7.11 Å². The first-order valence-corrected chi connectivity index (χ1v) is 5.38. The van der Waals surface area contributed by atoms with Crippen molar-refractivity contribution in [1.82, 2.24) is 4.98 Å². The molecule has 1 heterocycles. The second kappa shape index (κ2) is 5.35. The van der Waals surface area contributed by atoms with E-state index < -0.39 is 12.1 Å². The summed E-state index contributed by atoms with van der Waals surface area (Å²) in [4.78, 5) is 14.3. The lowest BCUT2D eigenvalue weighted by molar-refractivity contribution is -0.275.